The highest BCUT2D eigenvalue weighted by molar-refractivity contribution is 5.76. The highest BCUT2D eigenvalue weighted by atomic mass is 19.4. The van der Waals surface area contributed by atoms with Crippen LogP contribution in [0.4, 0.5) is 13.2 Å². The number of rotatable bonds is 2. The number of fused-ring (bicyclic) bond motifs is 1. The number of hydrogen-bond donors (Lipinski definition) is 1. The van der Waals surface area contributed by atoms with Crippen LogP contribution in [0, 0.1) is 0 Å². The Morgan fingerprint density at radius 1 is 1.35 bits per heavy atom. The lowest BCUT2D eigenvalue weighted by Gasteiger charge is -2.13. The molecule has 0 fully saturated rings. The van der Waals surface area contributed by atoms with Crippen molar-refractivity contribution in [2.45, 2.75) is 25.7 Å². The van der Waals surface area contributed by atoms with E-state index in [1.807, 2.05) is 0 Å². The van der Waals surface area contributed by atoms with Crippen LogP contribution in [-0.4, -0.2) is 20.8 Å². The van der Waals surface area contributed by atoms with E-state index in [0.717, 1.165) is 4.57 Å². The zero-order chi connectivity index (χ0) is 12.6. The molecule has 0 saturated heterocycles. The number of benzene rings is 1. The molecule has 0 aliphatic heterocycles. The van der Waals surface area contributed by atoms with Gasteiger partial charge in [0.15, 0.2) is 0 Å². The van der Waals surface area contributed by atoms with E-state index in [1.165, 1.54) is 6.92 Å². The van der Waals surface area contributed by atoms with Crippen LogP contribution in [0.15, 0.2) is 24.3 Å². The standard InChI is InChI=1S/C11H11F3N2O/c1-7(17)10-15-8-4-2-3-5-9(8)16(10)6-11(12,13)14/h2-5,7,17H,6H2,1H3. The summed E-state index contributed by atoms with van der Waals surface area (Å²) in [6, 6.07) is 6.51. The number of aromatic nitrogens is 2. The lowest BCUT2D eigenvalue weighted by Crippen LogP contribution is -2.20. The van der Waals surface area contributed by atoms with Crippen LogP contribution in [-0.2, 0) is 6.54 Å². The minimum absolute atomic E-state index is 0.0310. The highest BCUT2D eigenvalue weighted by Crippen LogP contribution is 2.25. The number of imidazole rings is 1. The van der Waals surface area contributed by atoms with Gasteiger partial charge in [-0.05, 0) is 19.1 Å². The molecule has 1 atom stereocenters. The molecule has 1 unspecified atom stereocenters. The fourth-order valence-electron chi connectivity index (χ4n) is 1.76. The van der Waals surface area contributed by atoms with Crippen LogP contribution in [0.2, 0.25) is 0 Å². The maximum Gasteiger partial charge on any atom is 0.406 e. The Hall–Kier alpha value is -1.56. The molecule has 0 bridgehead atoms. The molecular weight excluding hydrogens is 233 g/mol. The number of hydrogen-bond acceptors (Lipinski definition) is 2. The summed E-state index contributed by atoms with van der Waals surface area (Å²) < 4.78 is 38.4. The molecule has 0 spiro atoms. The molecule has 92 valence electrons. The molecule has 0 aliphatic rings. The van der Waals surface area contributed by atoms with Crippen molar-refractivity contribution in [1.82, 2.24) is 9.55 Å². The zero-order valence-electron chi connectivity index (χ0n) is 9.07. The van der Waals surface area contributed by atoms with Crippen molar-refractivity contribution >= 4 is 11.0 Å². The van der Waals surface area contributed by atoms with Crippen LogP contribution < -0.4 is 0 Å². The molecule has 0 amide bonds. The Balaban J connectivity index is 2.60. The molecule has 2 aromatic rings. The van der Waals surface area contributed by atoms with Crippen molar-refractivity contribution < 1.29 is 18.3 Å². The van der Waals surface area contributed by atoms with E-state index in [1.54, 1.807) is 24.3 Å². The first-order chi connectivity index (χ1) is 7.88. The third-order valence-electron chi connectivity index (χ3n) is 2.40. The molecule has 1 aromatic carbocycles. The van der Waals surface area contributed by atoms with Gasteiger partial charge in [0.05, 0.1) is 11.0 Å². The average molecular weight is 244 g/mol. The maximum absolute atomic E-state index is 12.5. The molecular formula is C11H11F3N2O. The first-order valence-electron chi connectivity index (χ1n) is 5.08. The van der Waals surface area contributed by atoms with Crippen molar-refractivity contribution in [1.29, 1.82) is 0 Å². The highest BCUT2D eigenvalue weighted by Gasteiger charge is 2.30. The smallest absolute Gasteiger partial charge is 0.385 e. The number of halogens is 3. The van der Waals surface area contributed by atoms with Gasteiger partial charge >= 0.3 is 6.18 Å². The van der Waals surface area contributed by atoms with Gasteiger partial charge in [-0.1, -0.05) is 12.1 Å². The number of nitrogens with zero attached hydrogens (tertiary/aromatic N) is 2. The molecule has 2 rings (SSSR count). The normalized spacial score (nSPS) is 14.2. The second-order valence-corrected chi connectivity index (χ2v) is 3.84. The van der Waals surface area contributed by atoms with Crippen molar-refractivity contribution in [3.63, 3.8) is 0 Å². The van der Waals surface area contributed by atoms with Crippen LogP contribution in [0.5, 0.6) is 0 Å². The van der Waals surface area contributed by atoms with Gasteiger partial charge in [-0.25, -0.2) is 4.98 Å². The number of para-hydroxylation sites is 2. The first-order valence-corrected chi connectivity index (χ1v) is 5.08. The molecule has 0 saturated carbocycles. The number of aliphatic hydroxyl groups is 1. The van der Waals surface area contributed by atoms with Crippen molar-refractivity contribution in [3.8, 4) is 0 Å². The third kappa shape index (κ3) is 2.41. The molecule has 3 nitrogen and oxygen atoms in total. The van der Waals surface area contributed by atoms with E-state index in [2.05, 4.69) is 4.98 Å². The van der Waals surface area contributed by atoms with Gasteiger partial charge in [0, 0.05) is 0 Å². The number of alkyl halides is 3. The van der Waals surface area contributed by atoms with Gasteiger partial charge in [0.2, 0.25) is 0 Å². The van der Waals surface area contributed by atoms with Crippen molar-refractivity contribution in [2.75, 3.05) is 0 Å². The summed E-state index contributed by atoms with van der Waals surface area (Å²) in [5.74, 6) is 0.0310. The van der Waals surface area contributed by atoms with Crippen LogP contribution in [0.25, 0.3) is 11.0 Å². The van der Waals surface area contributed by atoms with Crippen LogP contribution in [0.3, 0.4) is 0 Å². The van der Waals surface area contributed by atoms with Crippen molar-refractivity contribution in [2.24, 2.45) is 0 Å². The summed E-state index contributed by atoms with van der Waals surface area (Å²) in [6.07, 6.45) is -5.38. The maximum atomic E-state index is 12.5. The second kappa shape index (κ2) is 4.03. The number of aliphatic hydroxyl groups excluding tert-OH is 1. The average Bonchev–Trinajstić information content (AvgIpc) is 2.55. The van der Waals surface area contributed by atoms with E-state index in [4.69, 9.17) is 0 Å². The molecule has 1 aromatic heterocycles. The monoisotopic (exact) mass is 244 g/mol. The van der Waals surface area contributed by atoms with E-state index < -0.39 is 18.8 Å². The Bertz CT molecular complexity index is 531. The molecule has 0 aliphatic carbocycles. The van der Waals surface area contributed by atoms with E-state index >= 15 is 0 Å². The summed E-state index contributed by atoms with van der Waals surface area (Å²) in [6.45, 7) is 0.252. The Morgan fingerprint density at radius 3 is 2.59 bits per heavy atom. The quantitative estimate of drug-likeness (QED) is 0.881. The van der Waals surface area contributed by atoms with Gasteiger partial charge in [0.1, 0.15) is 18.5 Å². The summed E-state index contributed by atoms with van der Waals surface area (Å²) in [4.78, 5) is 4.01. The Kier molecular flexibility index (Phi) is 2.82. The predicted octanol–water partition coefficient (Wildman–Crippen LogP) is 2.65. The van der Waals surface area contributed by atoms with Gasteiger partial charge in [-0.3, -0.25) is 0 Å². The van der Waals surface area contributed by atoms with Gasteiger partial charge < -0.3 is 9.67 Å². The Morgan fingerprint density at radius 2 is 2.00 bits per heavy atom. The summed E-state index contributed by atoms with van der Waals surface area (Å²) in [5.41, 5.74) is 0.827. The summed E-state index contributed by atoms with van der Waals surface area (Å²) in [7, 11) is 0. The van der Waals surface area contributed by atoms with Crippen molar-refractivity contribution in [3.05, 3.63) is 30.1 Å². The van der Waals surface area contributed by atoms with Gasteiger partial charge in [-0.15, -0.1) is 0 Å². The van der Waals surface area contributed by atoms with Crippen LogP contribution >= 0.6 is 0 Å². The third-order valence-corrected chi connectivity index (χ3v) is 2.40. The zero-order valence-corrected chi connectivity index (χ0v) is 9.07. The minimum Gasteiger partial charge on any atom is -0.385 e. The van der Waals surface area contributed by atoms with Gasteiger partial charge in [0.25, 0.3) is 0 Å². The lowest BCUT2D eigenvalue weighted by atomic mass is 10.3. The van der Waals surface area contributed by atoms with E-state index in [0.29, 0.717) is 11.0 Å². The summed E-state index contributed by atoms with van der Waals surface area (Å²) in [5, 5.41) is 9.45. The summed E-state index contributed by atoms with van der Waals surface area (Å²) >= 11 is 0. The molecule has 17 heavy (non-hydrogen) atoms. The predicted molar refractivity (Wildman–Crippen MR) is 56.4 cm³/mol. The SMILES string of the molecule is CC(O)c1nc2ccccc2n1CC(F)(F)F. The fraction of sp³-hybridized carbons (Fsp3) is 0.364. The molecule has 1 heterocycles. The van der Waals surface area contributed by atoms with E-state index in [-0.39, 0.29) is 5.82 Å². The molecule has 0 radical (unpaired) electrons. The lowest BCUT2D eigenvalue weighted by molar-refractivity contribution is -0.140. The molecule has 6 heteroatoms. The second-order valence-electron chi connectivity index (χ2n) is 3.84. The Labute approximate surface area is 95.5 Å². The topological polar surface area (TPSA) is 38.1 Å². The first kappa shape index (κ1) is 11.9. The van der Waals surface area contributed by atoms with Crippen LogP contribution in [0.1, 0.15) is 18.9 Å². The minimum atomic E-state index is -4.34. The fourth-order valence-corrected chi connectivity index (χ4v) is 1.76. The van der Waals surface area contributed by atoms with Gasteiger partial charge in [-0.2, -0.15) is 13.2 Å². The van der Waals surface area contributed by atoms with E-state index in [9.17, 15) is 18.3 Å². The largest absolute Gasteiger partial charge is 0.406 e. The molecule has 1 N–H and O–H groups in total.